The third-order valence-corrected chi connectivity index (χ3v) is 3.99. The van der Waals surface area contributed by atoms with Crippen LogP contribution >= 0.6 is 0 Å². The van der Waals surface area contributed by atoms with Crippen molar-refractivity contribution in [3.8, 4) is 0 Å². The number of nitrogens with zero attached hydrogens (tertiary/aromatic N) is 4. The average molecular weight is 283 g/mol. The minimum absolute atomic E-state index is 0.0988. The van der Waals surface area contributed by atoms with Gasteiger partial charge in [0.05, 0.1) is 28.5 Å². The Morgan fingerprint density at radius 3 is 2.67 bits per heavy atom. The van der Waals surface area contributed by atoms with E-state index in [2.05, 4.69) is 33.7 Å². The van der Waals surface area contributed by atoms with Gasteiger partial charge in [0.25, 0.3) is 0 Å². The standard InChI is InChI=1S/C16H21N5/c1-4-11-9-15(21(3)19-11)12(17)10-16-18-13-7-5-6-8-14(13)20(16)2/h5-9,12H,4,10,17H2,1-3H3. The lowest BCUT2D eigenvalue weighted by Gasteiger charge is -2.11. The van der Waals surface area contributed by atoms with Crippen molar-refractivity contribution in [2.24, 2.45) is 19.8 Å². The van der Waals surface area contributed by atoms with E-state index in [4.69, 9.17) is 5.73 Å². The molecule has 1 aromatic carbocycles. The van der Waals surface area contributed by atoms with Gasteiger partial charge in [-0.3, -0.25) is 4.68 Å². The fourth-order valence-electron chi connectivity index (χ4n) is 2.74. The van der Waals surface area contributed by atoms with E-state index >= 15 is 0 Å². The smallest absolute Gasteiger partial charge is 0.111 e. The third kappa shape index (κ3) is 2.45. The second-order valence-corrected chi connectivity index (χ2v) is 5.42. The van der Waals surface area contributed by atoms with Crippen molar-refractivity contribution < 1.29 is 0 Å². The highest BCUT2D eigenvalue weighted by atomic mass is 15.3. The van der Waals surface area contributed by atoms with Gasteiger partial charge >= 0.3 is 0 Å². The fraction of sp³-hybridized carbons (Fsp3) is 0.375. The highest BCUT2D eigenvalue weighted by Crippen LogP contribution is 2.20. The first-order valence-corrected chi connectivity index (χ1v) is 7.29. The summed E-state index contributed by atoms with van der Waals surface area (Å²) in [5.74, 6) is 1.00. The summed E-state index contributed by atoms with van der Waals surface area (Å²) in [6.45, 7) is 2.10. The summed E-state index contributed by atoms with van der Waals surface area (Å²) in [4.78, 5) is 4.69. The van der Waals surface area contributed by atoms with Crippen LogP contribution in [0.3, 0.4) is 0 Å². The van der Waals surface area contributed by atoms with Crippen LogP contribution in [0.1, 0.15) is 30.2 Å². The lowest BCUT2D eigenvalue weighted by Crippen LogP contribution is -2.18. The minimum atomic E-state index is -0.0988. The number of fused-ring (bicyclic) bond motifs is 1. The molecule has 2 aromatic heterocycles. The second-order valence-electron chi connectivity index (χ2n) is 5.42. The Balaban J connectivity index is 1.90. The molecular weight excluding hydrogens is 262 g/mol. The predicted molar refractivity (Wildman–Crippen MR) is 83.9 cm³/mol. The van der Waals surface area contributed by atoms with Crippen LogP contribution in [0.5, 0.6) is 0 Å². The molecule has 3 aromatic rings. The summed E-state index contributed by atoms with van der Waals surface area (Å²) in [7, 11) is 3.99. The molecule has 0 aliphatic rings. The van der Waals surface area contributed by atoms with Crippen LogP contribution < -0.4 is 5.73 Å². The molecule has 0 aliphatic heterocycles. The molecule has 5 nitrogen and oxygen atoms in total. The van der Waals surface area contributed by atoms with Crippen LogP contribution in [0.25, 0.3) is 11.0 Å². The Bertz CT molecular complexity index is 768. The van der Waals surface area contributed by atoms with Crippen LogP contribution in [-0.2, 0) is 26.9 Å². The highest BCUT2D eigenvalue weighted by Gasteiger charge is 2.16. The zero-order valence-corrected chi connectivity index (χ0v) is 12.7. The van der Waals surface area contributed by atoms with Crippen molar-refractivity contribution >= 4 is 11.0 Å². The van der Waals surface area contributed by atoms with Gasteiger partial charge in [0.15, 0.2) is 0 Å². The molecule has 110 valence electrons. The summed E-state index contributed by atoms with van der Waals surface area (Å²) in [6, 6.07) is 10.1. The Kier molecular flexibility index (Phi) is 3.51. The molecule has 0 spiro atoms. The van der Waals surface area contributed by atoms with Gasteiger partial charge in [-0.2, -0.15) is 5.10 Å². The maximum Gasteiger partial charge on any atom is 0.111 e. The van der Waals surface area contributed by atoms with Crippen molar-refractivity contribution in [1.82, 2.24) is 19.3 Å². The SMILES string of the molecule is CCc1cc(C(N)Cc2nc3ccccc3n2C)n(C)n1. The predicted octanol–water partition coefficient (Wildman–Crippen LogP) is 2.11. The molecule has 3 rings (SSSR count). The van der Waals surface area contributed by atoms with Crippen molar-refractivity contribution in [3.05, 3.63) is 47.5 Å². The molecule has 21 heavy (non-hydrogen) atoms. The number of para-hydroxylation sites is 2. The molecule has 0 saturated heterocycles. The first kappa shape index (κ1) is 13.8. The summed E-state index contributed by atoms with van der Waals surface area (Å²) in [5, 5.41) is 4.47. The van der Waals surface area contributed by atoms with Crippen molar-refractivity contribution in [1.29, 1.82) is 0 Å². The van der Waals surface area contributed by atoms with Crippen LogP contribution in [0, 0.1) is 0 Å². The van der Waals surface area contributed by atoms with Gasteiger partial charge < -0.3 is 10.3 Å². The highest BCUT2D eigenvalue weighted by molar-refractivity contribution is 5.75. The van der Waals surface area contributed by atoms with E-state index in [0.717, 1.165) is 34.7 Å². The number of benzene rings is 1. The molecule has 2 heterocycles. The molecule has 0 amide bonds. The van der Waals surface area contributed by atoms with Crippen LogP contribution in [0.15, 0.2) is 30.3 Å². The third-order valence-electron chi connectivity index (χ3n) is 3.99. The molecular formula is C16H21N5. The summed E-state index contributed by atoms with van der Waals surface area (Å²) in [6.07, 6.45) is 1.63. The van der Waals surface area contributed by atoms with E-state index in [0.29, 0.717) is 6.42 Å². The number of aryl methyl sites for hydroxylation is 3. The first-order valence-electron chi connectivity index (χ1n) is 7.29. The molecule has 0 bridgehead atoms. The quantitative estimate of drug-likeness (QED) is 0.797. The van der Waals surface area contributed by atoms with E-state index in [1.807, 2.05) is 37.0 Å². The van der Waals surface area contributed by atoms with Gasteiger partial charge in [-0.1, -0.05) is 19.1 Å². The van der Waals surface area contributed by atoms with Crippen molar-refractivity contribution in [3.63, 3.8) is 0 Å². The average Bonchev–Trinajstić information content (AvgIpc) is 3.01. The molecule has 1 unspecified atom stereocenters. The monoisotopic (exact) mass is 283 g/mol. The summed E-state index contributed by atoms with van der Waals surface area (Å²) in [5.41, 5.74) is 10.7. The Morgan fingerprint density at radius 1 is 1.24 bits per heavy atom. The first-order chi connectivity index (χ1) is 10.1. The Hall–Kier alpha value is -2.14. The van der Waals surface area contributed by atoms with Crippen LogP contribution in [-0.4, -0.2) is 19.3 Å². The largest absolute Gasteiger partial charge is 0.331 e. The summed E-state index contributed by atoms with van der Waals surface area (Å²) >= 11 is 0. The van der Waals surface area contributed by atoms with Gasteiger partial charge in [-0.25, -0.2) is 4.98 Å². The summed E-state index contributed by atoms with van der Waals surface area (Å²) < 4.78 is 4.00. The van der Waals surface area contributed by atoms with Gasteiger partial charge in [0.1, 0.15) is 5.82 Å². The zero-order chi connectivity index (χ0) is 15.0. The minimum Gasteiger partial charge on any atom is -0.331 e. The number of rotatable bonds is 4. The maximum absolute atomic E-state index is 6.37. The molecule has 0 saturated carbocycles. The zero-order valence-electron chi connectivity index (χ0n) is 12.7. The van der Waals surface area contributed by atoms with Crippen LogP contribution in [0.2, 0.25) is 0 Å². The van der Waals surface area contributed by atoms with E-state index < -0.39 is 0 Å². The van der Waals surface area contributed by atoms with Crippen molar-refractivity contribution in [2.45, 2.75) is 25.8 Å². The van der Waals surface area contributed by atoms with Crippen molar-refractivity contribution in [2.75, 3.05) is 0 Å². The van der Waals surface area contributed by atoms with Gasteiger partial charge in [-0.15, -0.1) is 0 Å². The second kappa shape index (κ2) is 5.33. The number of aromatic nitrogens is 4. The van der Waals surface area contributed by atoms with E-state index in [9.17, 15) is 0 Å². The number of imidazole rings is 1. The Morgan fingerprint density at radius 2 is 2.00 bits per heavy atom. The lowest BCUT2D eigenvalue weighted by atomic mass is 10.1. The van der Waals surface area contributed by atoms with Crippen LogP contribution in [0.4, 0.5) is 0 Å². The van der Waals surface area contributed by atoms with Gasteiger partial charge in [0, 0.05) is 20.5 Å². The lowest BCUT2D eigenvalue weighted by molar-refractivity contribution is 0.593. The Labute approximate surface area is 124 Å². The maximum atomic E-state index is 6.37. The van der Waals surface area contributed by atoms with E-state index in [-0.39, 0.29) is 6.04 Å². The van der Waals surface area contributed by atoms with E-state index in [1.54, 1.807) is 0 Å². The molecule has 0 radical (unpaired) electrons. The molecule has 1 atom stereocenters. The topological polar surface area (TPSA) is 61.7 Å². The number of hydrogen-bond acceptors (Lipinski definition) is 3. The molecule has 5 heteroatoms. The molecule has 0 aliphatic carbocycles. The van der Waals surface area contributed by atoms with Gasteiger partial charge in [-0.05, 0) is 24.6 Å². The number of nitrogens with two attached hydrogens (primary N) is 1. The van der Waals surface area contributed by atoms with Gasteiger partial charge in [0.2, 0.25) is 0 Å². The molecule has 0 fully saturated rings. The molecule has 2 N–H and O–H groups in total. The fourth-order valence-corrected chi connectivity index (χ4v) is 2.74. The van der Waals surface area contributed by atoms with E-state index in [1.165, 1.54) is 0 Å². The number of hydrogen-bond donors (Lipinski definition) is 1. The normalized spacial score (nSPS) is 13.0.